The van der Waals surface area contributed by atoms with Crippen LogP contribution in [0, 0.1) is 6.92 Å². The van der Waals surface area contributed by atoms with E-state index in [0.29, 0.717) is 22.2 Å². The van der Waals surface area contributed by atoms with Crippen molar-refractivity contribution in [3.05, 3.63) is 75.6 Å². The molecule has 0 fully saturated rings. The van der Waals surface area contributed by atoms with Gasteiger partial charge in [-0.15, -0.1) is 13.2 Å². The predicted molar refractivity (Wildman–Crippen MR) is 129 cm³/mol. The van der Waals surface area contributed by atoms with E-state index in [2.05, 4.69) is 25.1 Å². The summed E-state index contributed by atoms with van der Waals surface area (Å²) in [4.78, 5) is 18.7. The van der Waals surface area contributed by atoms with Crippen LogP contribution in [-0.2, 0) is 13.1 Å². The van der Waals surface area contributed by atoms with Gasteiger partial charge in [-0.1, -0.05) is 47.8 Å². The van der Waals surface area contributed by atoms with Gasteiger partial charge >= 0.3 is 0 Å². The lowest BCUT2D eigenvalue weighted by Gasteiger charge is -2.16. The van der Waals surface area contributed by atoms with Gasteiger partial charge in [-0.25, -0.2) is 0 Å². The quantitative estimate of drug-likeness (QED) is 0.540. The minimum absolute atomic E-state index is 0.0572. The topological polar surface area (TPSA) is 59.2 Å². The fourth-order valence-electron chi connectivity index (χ4n) is 2.87. The van der Waals surface area contributed by atoms with Crippen molar-refractivity contribution < 1.29 is 4.79 Å². The van der Waals surface area contributed by atoms with E-state index < -0.39 is 0 Å². The highest BCUT2D eigenvalue weighted by atomic mass is 35.5. The van der Waals surface area contributed by atoms with Crippen LogP contribution in [-0.4, -0.2) is 22.8 Å². The lowest BCUT2D eigenvalue weighted by molar-refractivity contribution is 0.0816. The molecule has 0 aliphatic carbocycles. The van der Waals surface area contributed by atoms with Gasteiger partial charge in [0, 0.05) is 40.5 Å². The number of carbonyl (C=O) groups is 1. The first-order valence-corrected chi connectivity index (χ1v) is 10.5. The Morgan fingerprint density at radius 1 is 1.33 bits per heavy atom. The lowest BCUT2D eigenvalue weighted by atomic mass is 9.93. The highest BCUT2D eigenvalue weighted by Gasteiger charge is 2.32. The Labute approximate surface area is 190 Å². The van der Waals surface area contributed by atoms with Crippen molar-refractivity contribution in [1.82, 2.24) is 9.88 Å². The van der Waals surface area contributed by atoms with E-state index in [1.807, 2.05) is 26.8 Å². The Morgan fingerprint density at radius 2 is 1.90 bits per heavy atom. The first kappa shape index (κ1) is 25.9. The van der Waals surface area contributed by atoms with Crippen LogP contribution >= 0.6 is 23.2 Å². The first-order chi connectivity index (χ1) is 14.1. The summed E-state index contributed by atoms with van der Waals surface area (Å²) in [6.07, 6.45) is 2.86. The molecule has 1 aliphatic rings. The lowest BCUT2D eigenvalue weighted by Crippen LogP contribution is -2.18. The van der Waals surface area contributed by atoms with Gasteiger partial charge in [0.2, 0.25) is 0 Å². The third-order valence-electron chi connectivity index (χ3n) is 4.54. The summed E-state index contributed by atoms with van der Waals surface area (Å²) in [5.74, 6) is -0.0572. The Kier molecular flexibility index (Phi) is 10.3. The smallest absolute Gasteiger partial charge is 0.256 e. The Balaban J connectivity index is 0.000000485. The number of fused-ring (bicyclic) bond motifs is 1. The fraction of sp³-hybridized carbons (Fsp3) is 0.333. The molecule has 0 saturated carbocycles. The van der Waals surface area contributed by atoms with E-state index in [1.165, 1.54) is 5.57 Å². The second-order valence-electron chi connectivity index (χ2n) is 7.08. The first-order valence-electron chi connectivity index (χ1n) is 9.77. The van der Waals surface area contributed by atoms with Crippen molar-refractivity contribution in [2.45, 2.75) is 47.2 Å². The molecule has 162 valence electrons. The number of hydrogen-bond acceptors (Lipinski definition) is 3. The molecule has 30 heavy (non-hydrogen) atoms. The molecule has 0 bridgehead atoms. The van der Waals surface area contributed by atoms with Crippen LogP contribution < -0.4 is 5.73 Å². The average Bonchev–Trinajstić information content (AvgIpc) is 2.95. The Bertz CT molecular complexity index is 939. The molecule has 0 radical (unpaired) electrons. The van der Waals surface area contributed by atoms with Gasteiger partial charge in [0.25, 0.3) is 5.91 Å². The van der Waals surface area contributed by atoms with Crippen LogP contribution in [0.1, 0.15) is 54.5 Å². The van der Waals surface area contributed by atoms with Gasteiger partial charge in [0.1, 0.15) is 0 Å². The zero-order valence-corrected chi connectivity index (χ0v) is 20.0. The van der Waals surface area contributed by atoms with Crippen LogP contribution in [0.3, 0.4) is 0 Å². The van der Waals surface area contributed by atoms with Crippen molar-refractivity contribution in [3.63, 3.8) is 0 Å². The molecule has 1 aromatic heterocycles. The van der Waals surface area contributed by atoms with Gasteiger partial charge in [-0.2, -0.15) is 0 Å². The Hall–Kier alpha value is -2.14. The number of halogens is 2. The number of carbonyl (C=O) groups excluding carboxylic acids is 1. The third kappa shape index (κ3) is 6.18. The molecule has 0 unspecified atom stereocenters. The number of benzene rings is 1. The number of nitrogens with two attached hydrogens (primary N) is 1. The number of nitrogens with zero attached hydrogens (tertiary/aromatic N) is 2. The average molecular weight is 448 g/mol. The third-order valence-corrected chi connectivity index (χ3v) is 5.08. The number of allylic oxidation sites excluding steroid dienone is 2. The number of pyridine rings is 1. The van der Waals surface area contributed by atoms with Crippen LogP contribution in [0.5, 0.6) is 0 Å². The molecule has 3 rings (SSSR count). The summed E-state index contributed by atoms with van der Waals surface area (Å²) in [5, 5.41) is 1.05. The molecule has 6 heteroatoms. The molecular weight excluding hydrogens is 417 g/mol. The minimum atomic E-state index is -0.0572. The summed E-state index contributed by atoms with van der Waals surface area (Å²) >= 11 is 12.3. The monoisotopic (exact) mass is 447 g/mol. The summed E-state index contributed by atoms with van der Waals surface area (Å²) in [6.45, 7) is 15.7. The van der Waals surface area contributed by atoms with Gasteiger partial charge in [0.05, 0.1) is 17.8 Å². The summed E-state index contributed by atoms with van der Waals surface area (Å²) in [7, 11) is 1.76. The summed E-state index contributed by atoms with van der Waals surface area (Å²) in [6, 6.07) is 5.25. The summed E-state index contributed by atoms with van der Waals surface area (Å²) < 4.78 is 0. The number of aromatic nitrogens is 1. The second-order valence-corrected chi connectivity index (χ2v) is 7.92. The standard InChI is InChI=1S/C16H15Cl2N3O.C5H10.C3H6/c1-8-11(6-19)14(10-4-3-9(17)5-12(10)18)15-13(20-8)7-21(2)16(15)22;1-4-5(2)3;1-3-2/h3-5H,6-7,19H2,1-2H3;2,4H2,1,3H3;3H,1H2,2H3. The minimum Gasteiger partial charge on any atom is -0.336 e. The van der Waals surface area contributed by atoms with Gasteiger partial charge < -0.3 is 10.6 Å². The number of rotatable bonds is 3. The van der Waals surface area contributed by atoms with Crippen molar-refractivity contribution in [2.75, 3.05) is 7.05 Å². The largest absolute Gasteiger partial charge is 0.336 e. The fourth-order valence-corrected chi connectivity index (χ4v) is 3.38. The molecule has 0 saturated heterocycles. The molecule has 1 aliphatic heterocycles. The second kappa shape index (κ2) is 11.9. The molecule has 2 aromatic rings. The molecular formula is C24H31Cl2N3O. The van der Waals surface area contributed by atoms with Gasteiger partial charge in [-0.05, 0) is 44.9 Å². The highest BCUT2D eigenvalue weighted by molar-refractivity contribution is 6.36. The van der Waals surface area contributed by atoms with Crippen molar-refractivity contribution in [1.29, 1.82) is 0 Å². The van der Waals surface area contributed by atoms with E-state index in [0.717, 1.165) is 34.5 Å². The van der Waals surface area contributed by atoms with Crippen LogP contribution in [0.4, 0.5) is 0 Å². The van der Waals surface area contributed by atoms with Crippen molar-refractivity contribution >= 4 is 29.1 Å². The maximum Gasteiger partial charge on any atom is 0.256 e. The maximum absolute atomic E-state index is 12.5. The molecule has 2 heterocycles. The zero-order valence-electron chi connectivity index (χ0n) is 18.5. The van der Waals surface area contributed by atoms with Crippen LogP contribution in [0.2, 0.25) is 10.0 Å². The Morgan fingerprint density at radius 3 is 2.37 bits per heavy atom. The summed E-state index contributed by atoms with van der Waals surface area (Å²) in [5.41, 5.74) is 11.7. The van der Waals surface area contributed by atoms with Gasteiger partial charge in [-0.3, -0.25) is 9.78 Å². The number of amides is 1. The molecule has 2 N–H and O–H groups in total. The van der Waals surface area contributed by atoms with Crippen molar-refractivity contribution in [3.8, 4) is 11.1 Å². The van der Waals surface area contributed by atoms with Crippen LogP contribution in [0.25, 0.3) is 11.1 Å². The molecule has 0 atom stereocenters. The number of aryl methyl sites for hydroxylation is 1. The van der Waals surface area contributed by atoms with E-state index in [1.54, 1.807) is 30.2 Å². The van der Waals surface area contributed by atoms with Crippen molar-refractivity contribution in [2.24, 2.45) is 5.73 Å². The molecule has 1 aromatic carbocycles. The normalized spacial score (nSPS) is 11.7. The maximum atomic E-state index is 12.5. The van der Waals surface area contributed by atoms with E-state index >= 15 is 0 Å². The SMILES string of the molecule is C=C(C)CC.C=CC.Cc1nc2c(c(-c3ccc(Cl)cc3Cl)c1CN)C(=O)N(C)C2. The molecule has 4 nitrogen and oxygen atoms in total. The highest BCUT2D eigenvalue weighted by Crippen LogP contribution is 2.39. The van der Waals surface area contributed by atoms with Gasteiger partial charge in [0.15, 0.2) is 0 Å². The van der Waals surface area contributed by atoms with E-state index in [-0.39, 0.29) is 12.5 Å². The molecule has 0 spiro atoms. The van der Waals surface area contributed by atoms with E-state index in [4.69, 9.17) is 28.9 Å². The zero-order chi connectivity index (χ0) is 23.0. The number of hydrogen-bond donors (Lipinski definition) is 1. The van der Waals surface area contributed by atoms with Crippen LogP contribution in [0.15, 0.2) is 43.0 Å². The predicted octanol–water partition coefficient (Wildman–Crippen LogP) is 6.57. The van der Waals surface area contributed by atoms with E-state index in [9.17, 15) is 4.79 Å². The molecule has 1 amide bonds.